The summed E-state index contributed by atoms with van der Waals surface area (Å²) in [4.78, 5) is 28.3. The molecule has 0 fully saturated rings. The molecule has 1 aliphatic carbocycles. The second kappa shape index (κ2) is 10.0. The Hall–Kier alpha value is -3.44. The van der Waals surface area contributed by atoms with Gasteiger partial charge in [-0.1, -0.05) is 48.8 Å². The van der Waals surface area contributed by atoms with E-state index in [-0.39, 0.29) is 18.0 Å². The Bertz CT molecular complexity index is 1020. The van der Waals surface area contributed by atoms with Crippen molar-refractivity contribution in [3.63, 3.8) is 0 Å². The average molecular weight is 424 g/mol. The minimum Gasteiger partial charge on any atom is -0.465 e. The summed E-state index contributed by atoms with van der Waals surface area (Å²) in [6, 6.07) is 12.0. The molecule has 2 aromatic carbocycles. The van der Waals surface area contributed by atoms with E-state index in [1.807, 2.05) is 12.1 Å². The summed E-state index contributed by atoms with van der Waals surface area (Å²) in [5, 5.41) is 13.2. The number of methoxy groups -OCH3 is 1. The van der Waals surface area contributed by atoms with Crippen molar-refractivity contribution >= 4 is 18.0 Å². The summed E-state index contributed by atoms with van der Waals surface area (Å²) >= 11 is 0. The first-order valence-corrected chi connectivity index (χ1v) is 10.0. The highest BCUT2D eigenvalue weighted by molar-refractivity contribution is 5.97. The highest BCUT2D eigenvalue weighted by Crippen LogP contribution is 2.44. The summed E-state index contributed by atoms with van der Waals surface area (Å²) in [5.41, 5.74) is 11.6. The number of carbonyl (C=O) groups excluding carboxylic acids is 3. The third-order valence-electron chi connectivity index (χ3n) is 5.63. The van der Waals surface area contributed by atoms with Gasteiger partial charge in [0.25, 0.3) is 0 Å². The lowest BCUT2D eigenvalue weighted by Crippen LogP contribution is -2.44. The Morgan fingerprint density at radius 3 is 2.23 bits per heavy atom. The van der Waals surface area contributed by atoms with Crippen LogP contribution in [0.2, 0.25) is 0 Å². The van der Waals surface area contributed by atoms with E-state index in [0.29, 0.717) is 17.9 Å². The van der Waals surface area contributed by atoms with Crippen molar-refractivity contribution in [1.29, 1.82) is 0 Å². The minimum absolute atomic E-state index is 0.181. The molecule has 0 saturated carbocycles. The molecule has 0 aliphatic heterocycles. The lowest BCUT2D eigenvalue weighted by Gasteiger charge is -2.37. The number of esters is 1. The molecule has 7 nitrogen and oxygen atoms in total. The predicted octanol–water partition coefficient (Wildman–Crippen LogP) is 3.38. The van der Waals surface area contributed by atoms with Crippen LogP contribution in [0.3, 0.4) is 0 Å². The molecule has 2 aromatic rings. The van der Waals surface area contributed by atoms with Crippen LogP contribution >= 0.6 is 0 Å². The first-order chi connectivity index (χ1) is 14.7. The molecule has 0 amide bonds. The number of hydrogen-bond acceptors (Lipinski definition) is 6. The Morgan fingerprint density at radius 2 is 1.71 bits per heavy atom. The maximum atomic E-state index is 12.1. The monoisotopic (exact) mass is 424 g/mol. The molecule has 1 unspecified atom stereocenters. The summed E-state index contributed by atoms with van der Waals surface area (Å²) in [7, 11) is 1.38. The Labute approximate surface area is 181 Å². The zero-order valence-corrected chi connectivity index (χ0v) is 18.3. The van der Waals surface area contributed by atoms with Crippen molar-refractivity contribution in [2.75, 3.05) is 7.11 Å². The number of rotatable bonds is 4. The minimum atomic E-state index is -0.744. The zero-order chi connectivity index (χ0) is 23.2. The topological polar surface area (TPSA) is 119 Å². The second-order valence-corrected chi connectivity index (χ2v) is 8.10. The van der Waals surface area contributed by atoms with Crippen LogP contribution in [-0.4, -0.2) is 30.3 Å². The molecule has 0 aromatic heterocycles. The third kappa shape index (κ3) is 4.67. The van der Waals surface area contributed by atoms with Gasteiger partial charge in [0.05, 0.1) is 18.1 Å². The molecular formula is C24H28N2O5. The van der Waals surface area contributed by atoms with Crippen LogP contribution in [0.5, 0.6) is 0 Å². The fraction of sp³-hybridized carbons (Fsp3) is 0.375. The number of carbonyl (C=O) groups is 1. The number of benzene rings is 2. The Morgan fingerprint density at radius 1 is 1.16 bits per heavy atom. The van der Waals surface area contributed by atoms with Gasteiger partial charge in [0, 0.05) is 0 Å². The number of ether oxygens (including phenoxy) is 1. The van der Waals surface area contributed by atoms with Crippen molar-refractivity contribution in [3.8, 4) is 0 Å². The molecule has 0 bridgehead atoms. The van der Waals surface area contributed by atoms with Crippen molar-refractivity contribution in [1.82, 2.24) is 0 Å². The van der Waals surface area contributed by atoms with Gasteiger partial charge >= 0.3 is 12.1 Å². The van der Waals surface area contributed by atoms with Gasteiger partial charge in [-0.25, -0.2) is 4.79 Å². The van der Waals surface area contributed by atoms with E-state index in [1.165, 1.54) is 18.2 Å². The van der Waals surface area contributed by atoms with Crippen LogP contribution in [0.15, 0.2) is 41.6 Å². The molecule has 1 atom stereocenters. The van der Waals surface area contributed by atoms with Crippen LogP contribution in [-0.2, 0) is 32.6 Å². The largest absolute Gasteiger partial charge is 0.465 e. The van der Waals surface area contributed by atoms with E-state index < -0.39 is 5.41 Å². The van der Waals surface area contributed by atoms with Gasteiger partial charge in [0.15, 0.2) is 5.84 Å². The SMILES string of the molecule is COC(=O)c1ccc2c(c1)CCc1cc(C)ccc1C2(CC(C)C)C(N)=NO.O=C=O. The van der Waals surface area contributed by atoms with Gasteiger partial charge in [-0.2, -0.15) is 9.59 Å². The maximum absolute atomic E-state index is 12.1. The number of nitrogens with zero attached hydrogens (tertiary/aromatic N) is 1. The number of amidine groups is 1. The lowest BCUT2D eigenvalue weighted by atomic mass is 9.67. The molecule has 0 radical (unpaired) electrons. The standard InChI is InChI=1S/C23H28N2O3.CO2/c1-14(2)13-23(22(24)25-27)19-9-5-15(3)11-16(19)6-7-17-12-18(21(26)28-4)8-10-20(17)23;2-1-3/h5,8-12,14,27H,6-7,13H2,1-4H3,(H2,24,25);. The van der Waals surface area contributed by atoms with Crippen molar-refractivity contribution in [2.24, 2.45) is 16.8 Å². The fourth-order valence-electron chi connectivity index (χ4n) is 4.52. The summed E-state index contributed by atoms with van der Waals surface area (Å²) < 4.78 is 4.89. The van der Waals surface area contributed by atoms with Crippen molar-refractivity contribution in [3.05, 3.63) is 69.8 Å². The molecule has 1 aliphatic rings. The van der Waals surface area contributed by atoms with Crippen LogP contribution in [0.1, 0.15) is 58.4 Å². The molecule has 7 heteroatoms. The molecule has 31 heavy (non-hydrogen) atoms. The van der Waals surface area contributed by atoms with Crippen LogP contribution in [0, 0.1) is 12.8 Å². The first-order valence-electron chi connectivity index (χ1n) is 10.0. The van der Waals surface area contributed by atoms with E-state index in [2.05, 4.69) is 44.1 Å². The number of fused-ring (bicyclic) bond motifs is 2. The number of hydrogen-bond donors (Lipinski definition) is 2. The normalized spacial score (nSPS) is 17.4. The first kappa shape index (κ1) is 23.8. The van der Waals surface area contributed by atoms with Crippen molar-refractivity contribution in [2.45, 2.75) is 45.4 Å². The highest BCUT2D eigenvalue weighted by atomic mass is 16.5. The quantitative estimate of drug-likeness (QED) is 0.255. The summed E-state index contributed by atoms with van der Waals surface area (Å²) in [6.07, 6.45) is 2.55. The van der Waals surface area contributed by atoms with E-state index >= 15 is 0 Å². The van der Waals surface area contributed by atoms with Crippen LogP contribution < -0.4 is 5.73 Å². The van der Waals surface area contributed by atoms with E-state index in [0.717, 1.165) is 29.5 Å². The number of oxime groups is 1. The molecular weight excluding hydrogens is 396 g/mol. The van der Waals surface area contributed by atoms with Crippen LogP contribution in [0.4, 0.5) is 0 Å². The molecule has 164 valence electrons. The zero-order valence-electron chi connectivity index (χ0n) is 18.3. The smallest absolute Gasteiger partial charge is 0.373 e. The summed E-state index contributed by atoms with van der Waals surface area (Å²) in [6.45, 7) is 6.34. The fourth-order valence-corrected chi connectivity index (χ4v) is 4.52. The molecule has 0 spiro atoms. The summed E-state index contributed by atoms with van der Waals surface area (Å²) in [5.74, 6) is 0.125. The predicted molar refractivity (Wildman–Crippen MR) is 115 cm³/mol. The van der Waals surface area contributed by atoms with Gasteiger partial charge in [0.1, 0.15) is 0 Å². The molecule has 0 heterocycles. The molecule has 3 rings (SSSR count). The van der Waals surface area contributed by atoms with Gasteiger partial charge in [-0.3, -0.25) is 0 Å². The van der Waals surface area contributed by atoms with E-state index in [1.54, 1.807) is 6.07 Å². The highest BCUT2D eigenvalue weighted by Gasteiger charge is 2.44. The Kier molecular flexibility index (Phi) is 7.72. The van der Waals surface area contributed by atoms with Gasteiger partial charge in [0.2, 0.25) is 0 Å². The lowest BCUT2D eigenvalue weighted by molar-refractivity contribution is -0.191. The van der Waals surface area contributed by atoms with Gasteiger partial charge in [-0.05, 0) is 66.5 Å². The van der Waals surface area contributed by atoms with Gasteiger partial charge in [-0.15, -0.1) is 0 Å². The number of aryl methyl sites for hydroxylation is 3. The number of nitrogens with two attached hydrogens (primary N) is 1. The van der Waals surface area contributed by atoms with E-state index in [9.17, 15) is 10.0 Å². The Balaban J connectivity index is 0.00000107. The maximum Gasteiger partial charge on any atom is 0.373 e. The average Bonchev–Trinajstić information content (AvgIpc) is 2.87. The van der Waals surface area contributed by atoms with Gasteiger partial charge < -0.3 is 15.7 Å². The molecule has 3 N–H and O–H groups in total. The van der Waals surface area contributed by atoms with Crippen LogP contribution in [0.25, 0.3) is 0 Å². The van der Waals surface area contributed by atoms with E-state index in [4.69, 9.17) is 20.1 Å². The van der Waals surface area contributed by atoms with Crippen molar-refractivity contribution < 1.29 is 24.3 Å². The molecule has 0 saturated heterocycles. The third-order valence-corrected chi connectivity index (χ3v) is 5.63. The second-order valence-electron chi connectivity index (χ2n) is 8.10.